The van der Waals surface area contributed by atoms with Crippen molar-refractivity contribution >= 4 is 21.6 Å². The van der Waals surface area contributed by atoms with E-state index < -0.39 is 0 Å². The molecule has 116 valence electrons. The predicted molar refractivity (Wildman–Crippen MR) is 86.4 cm³/mol. The summed E-state index contributed by atoms with van der Waals surface area (Å²) in [5.41, 5.74) is 1.06. The second kappa shape index (κ2) is 6.44. The van der Waals surface area contributed by atoms with Gasteiger partial charge in [-0.2, -0.15) is 0 Å². The van der Waals surface area contributed by atoms with Gasteiger partial charge in [0.05, 0.1) is 11.8 Å². The standard InChI is InChI=1S/C16H22BrNO3/c1-10(2)14-7-11(3-4-19-14)18-13-9-16-15(8-12(13)17)20-5-6-21-16/h8-11,14,18H,3-7H2,1-2H3. The van der Waals surface area contributed by atoms with Gasteiger partial charge in [-0.1, -0.05) is 13.8 Å². The largest absolute Gasteiger partial charge is 0.486 e. The summed E-state index contributed by atoms with van der Waals surface area (Å²) in [7, 11) is 0. The van der Waals surface area contributed by atoms with E-state index in [1.807, 2.05) is 12.1 Å². The maximum atomic E-state index is 5.83. The molecule has 4 nitrogen and oxygen atoms in total. The molecule has 5 heteroatoms. The Bertz CT molecular complexity index is 507. The Morgan fingerprint density at radius 2 is 1.86 bits per heavy atom. The van der Waals surface area contributed by atoms with Crippen LogP contribution in [0.1, 0.15) is 26.7 Å². The van der Waals surface area contributed by atoms with Crippen LogP contribution in [0.2, 0.25) is 0 Å². The van der Waals surface area contributed by atoms with Crippen molar-refractivity contribution in [2.75, 3.05) is 25.1 Å². The second-order valence-electron chi connectivity index (χ2n) is 5.99. The van der Waals surface area contributed by atoms with Crippen LogP contribution in [-0.4, -0.2) is 32.0 Å². The molecule has 0 amide bonds. The van der Waals surface area contributed by atoms with E-state index in [4.69, 9.17) is 14.2 Å². The van der Waals surface area contributed by atoms with Gasteiger partial charge in [0.15, 0.2) is 11.5 Å². The predicted octanol–water partition coefficient (Wildman–Crippen LogP) is 3.84. The van der Waals surface area contributed by atoms with Crippen molar-refractivity contribution in [1.29, 1.82) is 0 Å². The monoisotopic (exact) mass is 355 g/mol. The van der Waals surface area contributed by atoms with Crippen LogP contribution in [0.15, 0.2) is 16.6 Å². The normalized spacial score (nSPS) is 25.0. The van der Waals surface area contributed by atoms with Crippen LogP contribution in [0.3, 0.4) is 0 Å². The Kier molecular flexibility index (Phi) is 4.60. The van der Waals surface area contributed by atoms with Crippen LogP contribution >= 0.6 is 15.9 Å². The van der Waals surface area contributed by atoms with Gasteiger partial charge in [0, 0.05) is 29.3 Å². The van der Waals surface area contributed by atoms with Crippen LogP contribution in [-0.2, 0) is 4.74 Å². The Labute approximate surface area is 134 Å². The summed E-state index contributed by atoms with van der Waals surface area (Å²) in [5, 5.41) is 3.62. The van der Waals surface area contributed by atoms with Gasteiger partial charge in [-0.15, -0.1) is 0 Å². The van der Waals surface area contributed by atoms with Gasteiger partial charge in [0.25, 0.3) is 0 Å². The maximum absolute atomic E-state index is 5.83. The minimum atomic E-state index is 0.340. The third kappa shape index (κ3) is 3.46. The lowest BCUT2D eigenvalue weighted by molar-refractivity contribution is -0.0160. The third-order valence-corrected chi connectivity index (χ3v) is 4.71. The molecular formula is C16H22BrNO3. The number of hydrogen-bond donors (Lipinski definition) is 1. The number of ether oxygens (including phenoxy) is 3. The summed E-state index contributed by atoms with van der Waals surface area (Å²) in [6.07, 6.45) is 2.41. The van der Waals surface area contributed by atoms with Gasteiger partial charge in [-0.3, -0.25) is 0 Å². The van der Waals surface area contributed by atoms with Gasteiger partial charge in [0.2, 0.25) is 0 Å². The van der Waals surface area contributed by atoms with Gasteiger partial charge in [0.1, 0.15) is 13.2 Å². The molecule has 2 aliphatic rings. The first-order valence-electron chi connectivity index (χ1n) is 7.61. The molecule has 2 aliphatic heterocycles. The highest BCUT2D eigenvalue weighted by Crippen LogP contribution is 2.39. The zero-order valence-electron chi connectivity index (χ0n) is 12.5. The van der Waals surface area contributed by atoms with Crippen LogP contribution in [0.25, 0.3) is 0 Å². The first kappa shape index (κ1) is 15.0. The van der Waals surface area contributed by atoms with Crippen LogP contribution in [0.4, 0.5) is 5.69 Å². The third-order valence-electron chi connectivity index (χ3n) is 4.05. The minimum Gasteiger partial charge on any atom is -0.486 e. The molecule has 1 aromatic rings. The summed E-state index contributed by atoms with van der Waals surface area (Å²) in [5.74, 6) is 2.18. The first-order chi connectivity index (χ1) is 10.1. The smallest absolute Gasteiger partial charge is 0.163 e. The first-order valence-corrected chi connectivity index (χ1v) is 8.40. The zero-order valence-corrected chi connectivity index (χ0v) is 14.1. The van der Waals surface area contributed by atoms with E-state index in [1.165, 1.54) is 0 Å². The molecule has 1 aromatic carbocycles. The van der Waals surface area contributed by atoms with E-state index in [-0.39, 0.29) is 0 Å². The van der Waals surface area contributed by atoms with Crippen LogP contribution < -0.4 is 14.8 Å². The summed E-state index contributed by atoms with van der Waals surface area (Å²) < 4.78 is 18.1. The van der Waals surface area contributed by atoms with Gasteiger partial charge in [-0.25, -0.2) is 0 Å². The molecular weight excluding hydrogens is 334 g/mol. The molecule has 21 heavy (non-hydrogen) atoms. The zero-order chi connectivity index (χ0) is 14.8. The average Bonchev–Trinajstić information content (AvgIpc) is 2.48. The van der Waals surface area contributed by atoms with E-state index in [9.17, 15) is 0 Å². The van der Waals surface area contributed by atoms with Crippen molar-refractivity contribution in [3.05, 3.63) is 16.6 Å². The van der Waals surface area contributed by atoms with E-state index >= 15 is 0 Å². The molecule has 0 spiro atoms. The Balaban J connectivity index is 1.72. The fourth-order valence-electron chi connectivity index (χ4n) is 2.82. The second-order valence-corrected chi connectivity index (χ2v) is 6.85. The number of rotatable bonds is 3. The summed E-state index contributed by atoms with van der Waals surface area (Å²) in [6, 6.07) is 4.44. The molecule has 0 saturated carbocycles. The molecule has 0 aromatic heterocycles. The maximum Gasteiger partial charge on any atom is 0.163 e. The summed E-state index contributed by atoms with van der Waals surface area (Å²) >= 11 is 3.62. The SMILES string of the molecule is CC(C)C1CC(Nc2cc3c(cc2Br)OCCO3)CCO1. The molecule has 3 rings (SSSR count). The number of anilines is 1. The average molecular weight is 356 g/mol. The molecule has 1 saturated heterocycles. The highest BCUT2D eigenvalue weighted by atomic mass is 79.9. The topological polar surface area (TPSA) is 39.7 Å². The van der Waals surface area contributed by atoms with Gasteiger partial charge >= 0.3 is 0 Å². The highest BCUT2D eigenvalue weighted by molar-refractivity contribution is 9.10. The van der Waals surface area contributed by atoms with Crippen molar-refractivity contribution in [1.82, 2.24) is 0 Å². The minimum absolute atomic E-state index is 0.340. The van der Waals surface area contributed by atoms with E-state index in [2.05, 4.69) is 35.1 Å². The quantitative estimate of drug-likeness (QED) is 0.894. The fraction of sp³-hybridized carbons (Fsp3) is 0.625. The molecule has 2 heterocycles. The Morgan fingerprint density at radius 1 is 1.14 bits per heavy atom. The summed E-state index contributed by atoms with van der Waals surface area (Å²) in [4.78, 5) is 0. The van der Waals surface area contributed by atoms with Crippen molar-refractivity contribution in [3.8, 4) is 11.5 Å². The van der Waals surface area contributed by atoms with Crippen molar-refractivity contribution < 1.29 is 14.2 Å². The van der Waals surface area contributed by atoms with E-state index in [1.54, 1.807) is 0 Å². The number of benzene rings is 1. The van der Waals surface area contributed by atoms with Crippen LogP contribution in [0.5, 0.6) is 11.5 Å². The molecule has 2 atom stereocenters. The molecule has 0 bridgehead atoms. The van der Waals surface area contributed by atoms with E-state index in [0.29, 0.717) is 31.3 Å². The number of hydrogen-bond acceptors (Lipinski definition) is 4. The molecule has 2 unspecified atom stereocenters. The van der Waals surface area contributed by atoms with Gasteiger partial charge < -0.3 is 19.5 Å². The Morgan fingerprint density at radius 3 is 2.57 bits per heavy atom. The molecule has 1 N–H and O–H groups in total. The van der Waals surface area contributed by atoms with Crippen molar-refractivity contribution in [3.63, 3.8) is 0 Å². The number of fused-ring (bicyclic) bond motifs is 1. The Hall–Kier alpha value is -0.940. The fourth-order valence-corrected chi connectivity index (χ4v) is 3.26. The van der Waals surface area contributed by atoms with Crippen molar-refractivity contribution in [2.45, 2.75) is 38.8 Å². The molecule has 0 radical (unpaired) electrons. The van der Waals surface area contributed by atoms with Crippen molar-refractivity contribution in [2.24, 2.45) is 5.92 Å². The highest BCUT2D eigenvalue weighted by Gasteiger charge is 2.25. The van der Waals surface area contributed by atoms with Gasteiger partial charge in [-0.05, 0) is 34.7 Å². The van der Waals surface area contributed by atoms with E-state index in [0.717, 1.165) is 41.1 Å². The lowest BCUT2D eigenvalue weighted by atomic mass is 9.95. The lowest BCUT2D eigenvalue weighted by Gasteiger charge is -2.33. The lowest BCUT2D eigenvalue weighted by Crippen LogP contribution is -2.36. The number of halogens is 1. The van der Waals surface area contributed by atoms with Crippen LogP contribution in [0, 0.1) is 5.92 Å². The summed E-state index contributed by atoms with van der Waals surface area (Å²) in [6.45, 7) is 6.48. The molecule has 0 aliphatic carbocycles. The number of nitrogens with one attached hydrogen (secondary N) is 1. The molecule has 1 fully saturated rings.